The van der Waals surface area contributed by atoms with Gasteiger partial charge in [0.05, 0.1) is 12.7 Å². The highest BCUT2D eigenvalue weighted by molar-refractivity contribution is 4.97. The van der Waals surface area contributed by atoms with Gasteiger partial charge in [0.2, 0.25) is 0 Å². The van der Waals surface area contributed by atoms with E-state index < -0.39 is 5.60 Å². The Bertz CT molecular complexity index is 201. The Kier molecular flexibility index (Phi) is 9.27. The number of hydrogen-bond donors (Lipinski definition) is 1. The first-order valence-corrected chi connectivity index (χ1v) is 6.34. The van der Waals surface area contributed by atoms with Crippen molar-refractivity contribution >= 4 is 0 Å². The van der Waals surface area contributed by atoms with E-state index in [4.69, 9.17) is 15.1 Å². The summed E-state index contributed by atoms with van der Waals surface area (Å²) >= 11 is 0. The molecular formula is C13H25NO2. The number of ether oxygens (including phenoxy) is 1. The summed E-state index contributed by atoms with van der Waals surface area (Å²) in [7, 11) is 0. The lowest BCUT2D eigenvalue weighted by Gasteiger charge is -2.22. The van der Waals surface area contributed by atoms with Gasteiger partial charge in [0, 0.05) is 6.61 Å². The average molecular weight is 227 g/mol. The first-order chi connectivity index (χ1) is 7.68. The zero-order chi connectivity index (χ0) is 12.3. The summed E-state index contributed by atoms with van der Waals surface area (Å²) in [4.78, 5) is 0. The van der Waals surface area contributed by atoms with Gasteiger partial charge in [0.1, 0.15) is 0 Å². The summed E-state index contributed by atoms with van der Waals surface area (Å²) in [6.45, 7) is 4.62. The van der Waals surface area contributed by atoms with Crippen LogP contribution < -0.4 is 0 Å². The maximum Gasteiger partial charge on any atom is 0.151 e. The lowest BCUT2D eigenvalue weighted by atomic mass is 9.99. The topological polar surface area (TPSA) is 53.2 Å². The zero-order valence-corrected chi connectivity index (χ0v) is 10.7. The quantitative estimate of drug-likeness (QED) is 0.584. The molecule has 0 amide bonds. The Morgan fingerprint density at radius 1 is 1.19 bits per heavy atom. The van der Waals surface area contributed by atoms with Crippen LogP contribution >= 0.6 is 0 Å². The van der Waals surface area contributed by atoms with Crippen molar-refractivity contribution in [2.45, 2.75) is 64.4 Å². The molecule has 1 atom stereocenters. The largest absolute Gasteiger partial charge is 0.396 e. The Labute approximate surface area is 99.4 Å². The van der Waals surface area contributed by atoms with Gasteiger partial charge >= 0.3 is 0 Å². The van der Waals surface area contributed by atoms with Crippen molar-refractivity contribution in [3.8, 4) is 6.07 Å². The summed E-state index contributed by atoms with van der Waals surface area (Å²) in [6.07, 6.45) is 7.37. The van der Waals surface area contributed by atoms with Crippen molar-refractivity contribution in [2.24, 2.45) is 0 Å². The van der Waals surface area contributed by atoms with E-state index in [1.807, 2.05) is 6.92 Å². The highest BCUT2D eigenvalue weighted by Crippen LogP contribution is 2.19. The molecule has 3 heteroatoms. The van der Waals surface area contributed by atoms with Crippen molar-refractivity contribution in [2.75, 3.05) is 13.2 Å². The molecule has 0 aromatic heterocycles. The minimum Gasteiger partial charge on any atom is -0.396 e. The fraction of sp³-hybridized carbons (Fsp3) is 0.923. The van der Waals surface area contributed by atoms with Crippen LogP contribution in [0.3, 0.4) is 0 Å². The summed E-state index contributed by atoms with van der Waals surface area (Å²) < 4.78 is 5.50. The summed E-state index contributed by atoms with van der Waals surface area (Å²) in [5.74, 6) is 0. The smallest absolute Gasteiger partial charge is 0.151 e. The number of hydrogen-bond acceptors (Lipinski definition) is 3. The molecule has 0 aliphatic carbocycles. The summed E-state index contributed by atoms with van der Waals surface area (Å²) in [6, 6.07) is 2.22. The van der Waals surface area contributed by atoms with Crippen molar-refractivity contribution < 1.29 is 9.84 Å². The molecule has 0 aliphatic heterocycles. The van der Waals surface area contributed by atoms with Crippen LogP contribution in [-0.4, -0.2) is 23.9 Å². The third-order valence-electron chi connectivity index (χ3n) is 2.72. The minimum atomic E-state index is -0.665. The van der Waals surface area contributed by atoms with Crippen LogP contribution in [0.2, 0.25) is 0 Å². The molecule has 1 unspecified atom stereocenters. The van der Waals surface area contributed by atoms with Gasteiger partial charge in [-0.1, -0.05) is 32.6 Å². The highest BCUT2D eigenvalue weighted by atomic mass is 16.5. The van der Waals surface area contributed by atoms with E-state index in [0.717, 1.165) is 12.8 Å². The number of unbranched alkanes of at least 4 members (excludes halogenated alkanes) is 4. The lowest BCUT2D eigenvalue weighted by molar-refractivity contribution is -0.00244. The van der Waals surface area contributed by atoms with Gasteiger partial charge < -0.3 is 9.84 Å². The predicted molar refractivity (Wildman–Crippen MR) is 65.0 cm³/mol. The lowest BCUT2D eigenvalue weighted by Crippen LogP contribution is -2.27. The molecule has 0 saturated heterocycles. The van der Waals surface area contributed by atoms with Gasteiger partial charge in [0.15, 0.2) is 5.60 Å². The maximum absolute atomic E-state index is 9.05. The fourth-order valence-corrected chi connectivity index (χ4v) is 1.59. The molecule has 94 valence electrons. The van der Waals surface area contributed by atoms with Crippen LogP contribution in [0.15, 0.2) is 0 Å². The Balaban J connectivity index is 3.67. The second-order valence-corrected chi connectivity index (χ2v) is 4.43. The minimum absolute atomic E-state index is 0.123. The SMILES string of the molecule is CCCCCCCC(C)(C#N)OCCCO. The van der Waals surface area contributed by atoms with Gasteiger partial charge in [-0.25, -0.2) is 0 Å². The fourth-order valence-electron chi connectivity index (χ4n) is 1.59. The number of aliphatic hydroxyl groups is 1. The zero-order valence-electron chi connectivity index (χ0n) is 10.7. The number of nitriles is 1. The van der Waals surface area contributed by atoms with E-state index in [1.165, 1.54) is 25.7 Å². The van der Waals surface area contributed by atoms with Gasteiger partial charge in [-0.3, -0.25) is 0 Å². The van der Waals surface area contributed by atoms with Crippen LogP contribution in [-0.2, 0) is 4.74 Å². The van der Waals surface area contributed by atoms with Crippen LogP contribution in [0.4, 0.5) is 0 Å². The molecule has 0 saturated carbocycles. The van der Waals surface area contributed by atoms with E-state index >= 15 is 0 Å². The second-order valence-electron chi connectivity index (χ2n) is 4.43. The van der Waals surface area contributed by atoms with Gasteiger partial charge in [0.25, 0.3) is 0 Å². The van der Waals surface area contributed by atoms with Gasteiger partial charge in [-0.2, -0.15) is 5.26 Å². The van der Waals surface area contributed by atoms with E-state index in [0.29, 0.717) is 13.0 Å². The van der Waals surface area contributed by atoms with E-state index in [1.54, 1.807) is 0 Å². The van der Waals surface area contributed by atoms with Crippen molar-refractivity contribution in [3.05, 3.63) is 0 Å². The second kappa shape index (κ2) is 9.62. The van der Waals surface area contributed by atoms with Crippen LogP contribution in [0, 0.1) is 11.3 Å². The summed E-state index contributed by atoms with van der Waals surface area (Å²) in [5.41, 5.74) is -0.665. The van der Waals surface area contributed by atoms with Crippen molar-refractivity contribution in [1.29, 1.82) is 5.26 Å². The van der Waals surface area contributed by atoms with Crippen molar-refractivity contribution in [1.82, 2.24) is 0 Å². The maximum atomic E-state index is 9.05. The molecule has 16 heavy (non-hydrogen) atoms. The third kappa shape index (κ3) is 7.67. The van der Waals surface area contributed by atoms with Crippen LogP contribution in [0.1, 0.15) is 58.8 Å². The highest BCUT2D eigenvalue weighted by Gasteiger charge is 2.23. The molecule has 1 N–H and O–H groups in total. The number of rotatable bonds is 10. The Morgan fingerprint density at radius 3 is 2.44 bits per heavy atom. The molecule has 0 heterocycles. The summed E-state index contributed by atoms with van der Waals surface area (Å²) in [5, 5.41) is 17.7. The molecule has 0 aromatic rings. The van der Waals surface area contributed by atoms with E-state index in [9.17, 15) is 0 Å². The third-order valence-corrected chi connectivity index (χ3v) is 2.72. The van der Waals surface area contributed by atoms with Gasteiger partial charge in [-0.05, 0) is 26.2 Å². The van der Waals surface area contributed by atoms with Crippen LogP contribution in [0.25, 0.3) is 0 Å². The Hall–Kier alpha value is -0.590. The van der Waals surface area contributed by atoms with Crippen molar-refractivity contribution in [3.63, 3.8) is 0 Å². The van der Waals surface area contributed by atoms with Crippen LogP contribution in [0.5, 0.6) is 0 Å². The Morgan fingerprint density at radius 2 is 1.88 bits per heavy atom. The normalized spacial score (nSPS) is 14.4. The van der Waals surface area contributed by atoms with Gasteiger partial charge in [-0.15, -0.1) is 0 Å². The first-order valence-electron chi connectivity index (χ1n) is 6.34. The van der Waals surface area contributed by atoms with E-state index in [2.05, 4.69) is 13.0 Å². The number of aliphatic hydroxyl groups excluding tert-OH is 1. The molecule has 0 radical (unpaired) electrons. The molecule has 0 aromatic carbocycles. The standard InChI is InChI=1S/C13H25NO2/c1-3-4-5-6-7-9-13(2,12-14)16-11-8-10-15/h15H,3-11H2,1-2H3. The van der Waals surface area contributed by atoms with E-state index in [-0.39, 0.29) is 6.61 Å². The monoisotopic (exact) mass is 227 g/mol. The molecule has 0 spiro atoms. The molecule has 0 aliphatic rings. The molecule has 3 nitrogen and oxygen atoms in total. The molecule has 0 bridgehead atoms. The average Bonchev–Trinajstić information content (AvgIpc) is 2.29. The first kappa shape index (κ1) is 15.4. The molecule has 0 fully saturated rings. The molecule has 0 rings (SSSR count). The predicted octanol–water partition coefficient (Wildman–Crippen LogP) is 3.03. The number of nitrogens with zero attached hydrogens (tertiary/aromatic N) is 1. The molecular weight excluding hydrogens is 202 g/mol.